The standard InChI is InChI=1S/C19H15Cl4N3O4S2/c1-10-6-12(20)14(22)8-16(10)31(27,28)25-18-4-3-5-19(24-18)26-32(29,30)17-9-15(23)13(21)7-11(17)2/h3-9H,1-2H3,(H2,24,25,26). The van der Waals surface area contributed by atoms with E-state index in [2.05, 4.69) is 14.4 Å². The summed E-state index contributed by atoms with van der Waals surface area (Å²) in [5.41, 5.74) is 0.748. The fraction of sp³-hybridized carbons (Fsp3) is 0.105. The largest absolute Gasteiger partial charge is 0.263 e. The van der Waals surface area contributed by atoms with Gasteiger partial charge in [-0.15, -0.1) is 0 Å². The molecule has 170 valence electrons. The number of anilines is 2. The van der Waals surface area contributed by atoms with Gasteiger partial charge in [-0.3, -0.25) is 9.44 Å². The molecule has 0 aliphatic rings. The number of aryl methyl sites for hydroxylation is 2. The van der Waals surface area contributed by atoms with E-state index in [0.29, 0.717) is 11.1 Å². The lowest BCUT2D eigenvalue weighted by atomic mass is 10.2. The molecule has 0 atom stereocenters. The van der Waals surface area contributed by atoms with E-state index in [1.54, 1.807) is 13.8 Å². The molecule has 0 unspecified atom stereocenters. The van der Waals surface area contributed by atoms with E-state index in [1.165, 1.54) is 42.5 Å². The number of rotatable bonds is 6. The van der Waals surface area contributed by atoms with Crippen LogP contribution in [0.25, 0.3) is 0 Å². The first kappa shape index (κ1) is 24.9. The van der Waals surface area contributed by atoms with Gasteiger partial charge in [0.15, 0.2) is 0 Å². The zero-order chi connectivity index (χ0) is 23.8. The van der Waals surface area contributed by atoms with Crippen LogP contribution in [0.3, 0.4) is 0 Å². The summed E-state index contributed by atoms with van der Waals surface area (Å²) in [5, 5.41) is 0.582. The Bertz CT molecular complexity index is 1320. The molecule has 0 bridgehead atoms. The summed E-state index contributed by atoms with van der Waals surface area (Å²) in [4.78, 5) is 3.85. The van der Waals surface area contributed by atoms with Crippen molar-refractivity contribution in [1.82, 2.24) is 4.98 Å². The molecule has 32 heavy (non-hydrogen) atoms. The van der Waals surface area contributed by atoms with Crippen LogP contribution < -0.4 is 9.44 Å². The molecule has 3 rings (SSSR count). The van der Waals surface area contributed by atoms with Crippen LogP contribution in [0.15, 0.2) is 52.3 Å². The summed E-state index contributed by atoms with van der Waals surface area (Å²) >= 11 is 23.7. The molecule has 0 amide bonds. The summed E-state index contributed by atoms with van der Waals surface area (Å²) in [6.45, 7) is 3.13. The Balaban J connectivity index is 1.91. The molecular formula is C19H15Cl4N3O4S2. The van der Waals surface area contributed by atoms with Crippen molar-refractivity contribution >= 4 is 78.1 Å². The number of nitrogens with one attached hydrogen (secondary N) is 2. The minimum atomic E-state index is -4.08. The Morgan fingerprint density at radius 3 is 1.38 bits per heavy atom. The van der Waals surface area contributed by atoms with Gasteiger partial charge in [-0.2, -0.15) is 0 Å². The van der Waals surface area contributed by atoms with Gasteiger partial charge in [-0.25, -0.2) is 21.8 Å². The molecule has 1 heterocycles. The molecule has 3 aromatic rings. The zero-order valence-corrected chi connectivity index (χ0v) is 21.1. The quantitative estimate of drug-likeness (QED) is 0.394. The van der Waals surface area contributed by atoms with Crippen LogP contribution in [0.1, 0.15) is 11.1 Å². The SMILES string of the molecule is Cc1cc(Cl)c(Cl)cc1S(=O)(=O)Nc1cccc(NS(=O)(=O)c2cc(Cl)c(Cl)cc2C)n1. The number of benzene rings is 2. The predicted octanol–water partition coefficient (Wildman–Crippen LogP) is 5.91. The number of hydrogen-bond acceptors (Lipinski definition) is 5. The maximum absolute atomic E-state index is 12.8. The van der Waals surface area contributed by atoms with Crippen molar-refractivity contribution in [2.45, 2.75) is 23.6 Å². The summed E-state index contributed by atoms with van der Waals surface area (Å²) < 4.78 is 55.8. The Hall–Kier alpha value is -1.75. The molecule has 0 aliphatic carbocycles. The summed E-state index contributed by atoms with van der Waals surface area (Å²) in [6, 6.07) is 9.47. The van der Waals surface area contributed by atoms with E-state index in [0.717, 1.165) is 0 Å². The lowest BCUT2D eigenvalue weighted by Gasteiger charge is -2.13. The third kappa shape index (κ3) is 5.41. The summed E-state index contributed by atoms with van der Waals surface area (Å²) in [5.74, 6) is -0.219. The molecule has 7 nitrogen and oxygen atoms in total. The molecule has 13 heteroatoms. The third-order valence-electron chi connectivity index (χ3n) is 4.24. The molecule has 2 aromatic carbocycles. The van der Waals surface area contributed by atoms with Crippen LogP contribution in [-0.4, -0.2) is 21.8 Å². The van der Waals surface area contributed by atoms with Gasteiger partial charge in [0.2, 0.25) is 0 Å². The smallest absolute Gasteiger partial charge is 0.263 e. The zero-order valence-electron chi connectivity index (χ0n) is 16.5. The van der Waals surface area contributed by atoms with Gasteiger partial charge in [0, 0.05) is 0 Å². The fourth-order valence-electron chi connectivity index (χ4n) is 2.77. The van der Waals surface area contributed by atoms with Gasteiger partial charge >= 0.3 is 0 Å². The summed E-state index contributed by atoms with van der Waals surface area (Å²) in [6.07, 6.45) is 0. The van der Waals surface area contributed by atoms with Gasteiger partial charge < -0.3 is 0 Å². The van der Waals surface area contributed by atoms with Crippen molar-refractivity contribution in [2.75, 3.05) is 9.44 Å². The van der Waals surface area contributed by atoms with E-state index in [-0.39, 0.29) is 41.5 Å². The normalized spacial score (nSPS) is 11.9. The van der Waals surface area contributed by atoms with Crippen molar-refractivity contribution in [3.63, 3.8) is 0 Å². The number of sulfonamides is 2. The molecule has 0 saturated heterocycles. The lowest BCUT2D eigenvalue weighted by molar-refractivity contribution is 0.599. The molecule has 0 fully saturated rings. The maximum Gasteiger partial charge on any atom is 0.263 e. The molecule has 0 spiro atoms. The molecule has 2 N–H and O–H groups in total. The second-order valence-corrected chi connectivity index (χ2v) is 11.6. The van der Waals surface area contributed by atoms with Crippen molar-refractivity contribution in [2.24, 2.45) is 0 Å². The van der Waals surface area contributed by atoms with Crippen LogP contribution in [0.2, 0.25) is 20.1 Å². The first-order valence-corrected chi connectivity index (χ1v) is 13.2. The molecule has 0 aliphatic heterocycles. The second kappa shape index (κ2) is 9.24. The van der Waals surface area contributed by atoms with E-state index in [4.69, 9.17) is 46.4 Å². The van der Waals surface area contributed by atoms with Crippen LogP contribution in [-0.2, 0) is 20.0 Å². The van der Waals surface area contributed by atoms with Crippen molar-refractivity contribution < 1.29 is 16.8 Å². The topological polar surface area (TPSA) is 105 Å². The molecule has 1 aromatic heterocycles. The van der Waals surface area contributed by atoms with E-state index < -0.39 is 20.0 Å². The van der Waals surface area contributed by atoms with E-state index in [9.17, 15) is 16.8 Å². The van der Waals surface area contributed by atoms with Gasteiger partial charge in [0.1, 0.15) is 11.6 Å². The summed E-state index contributed by atoms with van der Waals surface area (Å²) in [7, 11) is -8.16. The van der Waals surface area contributed by atoms with Crippen LogP contribution in [0.4, 0.5) is 11.6 Å². The third-order valence-corrected chi connectivity index (χ3v) is 8.68. The Morgan fingerprint density at radius 2 is 1.00 bits per heavy atom. The minimum Gasteiger partial charge on any atom is -0.263 e. The number of halogens is 4. The van der Waals surface area contributed by atoms with Crippen molar-refractivity contribution in [3.8, 4) is 0 Å². The van der Waals surface area contributed by atoms with Gasteiger partial charge in [0.25, 0.3) is 20.0 Å². The van der Waals surface area contributed by atoms with Crippen LogP contribution in [0.5, 0.6) is 0 Å². The fourth-order valence-corrected chi connectivity index (χ4v) is 6.17. The number of nitrogens with zero attached hydrogens (tertiary/aromatic N) is 1. The molecule has 0 radical (unpaired) electrons. The van der Waals surface area contributed by atoms with Gasteiger partial charge in [0.05, 0.1) is 29.9 Å². The lowest BCUT2D eigenvalue weighted by Crippen LogP contribution is -2.18. The highest BCUT2D eigenvalue weighted by Gasteiger charge is 2.22. The number of hydrogen-bond donors (Lipinski definition) is 2. The van der Waals surface area contributed by atoms with Crippen LogP contribution >= 0.6 is 46.4 Å². The number of pyridine rings is 1. The average molecular weight is 555 g/mol. The molecule has 0 saturated carbocycles. The number of aromatic nitrogens is 1. The van der Waals surface area contributed by atoms with E-state index in [1.807, 2.05) is 0 Å². The van der Waals surface area contributed by atoms with E-state index >= 15 is 0 Å². The van der Waals surface area contributed by atoms with Gasteiger partial charge in [-0.1, -0.05) is 52.5 Å². The highest BCUT2D eigenvalue weighted by molar-refractivity contribution is 7.93. The first-order valence-electron chi connectivity index (χ1n) is 8.74. The Morgan fingerprint density at radius 1 is 0.656 bits per heavy atom. The Kier molecular flexibility index (Phi) is 7.19. The van der Waals surface area contributed by atoms with Gasteiger partial charge in [-0.05, 0) is 61.4 Å². The monoisotopic (exact) mass is 553 g/mol. The highest BCUT2D eigenvalue weighted by atomic mass is 35.5. The predicted molar refractivity (Wildman–Crippen MR) is 128 cm³/mol. The minimum absolute atomic E-state index is 0.0732. The Labute approximate surface area is 205 Å². The average Bonchev–Trinajstić information content (AvgIpc) is 2.66. The molecular weight excluding hydrogens is 540 g/mol. The second-order valence-electron chi connectivity index (χ2n) is 6.68. The van der Waals surface area contributed by atoms with Crippen LogP contribution in [0, 0.1) is 13.8 Å². The van der Waals surface area contributed by atoms with Crippen molar-refractivity contribution in [1.29, 1.82) is 0 Å². The first-order chi connectivity index (χ1) is 14.8. The maximum atomic E-state index is 12.8. The van der Waals surface area contributed by atoms with Crippen molar-refractivity contribution in [3.05, 3.63) is 73.7 Å². The highest BCUT2D eigenvalue weighted by Crippen LogP contribution is 2.30.